The predicted octanol–water partition coefficient (Wildman–Crippen LogP) is 1.87. The highest BCUT2D eigenvalue weighted by molar-refractivity contribution is 5.19. The first-order valence-corrected chi connectivity index (χ1v) is 8.12. The highest BCUT2D eigenvalue weighted by Gasteiger charge is 2.23. The van der Waals surface area contributed by atoms with Crippen LogP contribution in [-0.4, -0.2) is 42.4 Å². The zero-order valence-electron chi connectivity index (χ0n) is 14.1. The molecule has 6 heteroatoms. The van der Waals surface area contributed by atoms with Gasteiger partial charge in [-0.05, 0) is 26.3 Å². The molecule has 1 N–H and O–H groups in total. The third kappa shape index (κ3) is 3.54. The lowest BCUT2D eigenvalue weighted by atomic mass is 10.2. The van der Waals surface area contributed by atoms with Crippen LogP contribution in [0.3, 0.4) is 0 Å². The number of allylic oxidation sites excluding steroid dienone is 1. The van der Waals surface area contributed by atoms with Gasteiger partial charge in [0, 0.05) is 39.1 Å². The van der Waals surface area contributed by atoms with Gasteiger partial charge in [0.25, 0.3) is 0 Å². The molecule has 1 aliphatic heterocycles. The van der Waals surface area contributed by atoms with Gasteiger partial charge in [0.1, 0.15) is 5.82 Å². The Morgan fingerprint density at radius 1 is 1.39 bits per heavy atom. The molecule has 0 saturated heterocycles. The summed E-state index contributed by atoms with van der Waals surface area (Å²) in [5, 5.41) is 15.1. The summed E-state index contributed by atoms with van der Waals surface area (Å²) in [6.07, 6.45) is 6.12. The van der Waals surface area contributed by atoms with E-state index in [9.17, 15) is 5.11 Å². The first kappa shape index (κ1) is 16.0. The average molecular weight is 315 g/mol. The minimum atomic E-state index is -0.771. The van der Waals surface area contributed by atoms with Crippen LogP contribution in [0.15, 0.2) is 30.1 Å². The lowest BCUT2D eigenvalue weighted by molar-refractivity contribution is 0.197. The van der Waals surface area contributed by atoms with E-state index in [1.54, 1.807) is 6.20 Å². The van der Waals surface area contributed by atoms with Crippen molar-refractivity contribution in [3.63, 3.8) is 0 Å². The van der Waals surface area contributed by atoms with E-state index in [2.05, 4.69) is 34.9 Å². The molecule has 1 aliphatic rings. The number of aryl methyl sites for hydroxylation is 1. The Labute approximate surface area is 137 Å². The number of hydrogen-bond acceptors (Lipinski definition) is 4. The van der Waals surface area contributed by atoms with Crippen LogP contribution in [-0.2, 0) is 20.1 Å². The van der Waals surface area contributed by atoms with Gasteiger partial charge in [-0.15, -0.1) is 0 Å². The normalized spacial score (nSPS) is 16.2. The van der Waals surface area contributed by atoms with Gasteiger partial charge in [0.05, 0.1) is 17.9 Å². The molecule has 0 saturated carbocycles. The number of rotatable bonds is 5. The van der Waals surface area contributed by atoms with Crippen molar-refractivity contribution in [2.75, 3.05) is 13.1 Å². The highest BCUT2D eigenvalue weighted by atomic mass is 16.3. The van der Waals surface area contributed by atoms with E-state index in [4.69, 9.17) is 0 Å². The number of aliphatic hydroxyl groups is 1. The third-order valence-electron chi connectivity index (χ3n) is 4.28. The first-order valence-electron chi connectivity index (χ1n) is 8.12. The molecule has 0 bridgehead atoms. The van der Waals surface area contributed by atoms with Crippen LogP contribution in [0.1, 0.15) is 43.6 Å². The van der Waals surface area contributed by atoms with Gasteiger partial charge in [0.2, 0.25) is 0 Å². The summed E-state index contributed by atoms with van der Waals surface area (Å²) in [6, 6.07) is 2.01. The second kappa shape index (κ2) is 6.68. The van der Waals surface area contributed by atoms with E-state index in [0.29, 0.717) is 11.5 Å². The van der Waals surface area contributed by atoms with E-state index in [0.717, 1.165) is 38.3 Å². The molecular formula is C17H25N5O. The summed E-state index contributed by atoms with van der Waals surface area (Å²) in [5.74, 6) is 0.626. The van der Waals surface area contributed by atoms with Crippen LogP contribution in [0.25, 0.3) is 0 Å². The molecule has 0 amide bonds. The molecule has 1 atom stereocenters. The van der Waals surface area contributed by atoms with Crippen LogP contribution in [0.2, 0.25) is 0 Å². The topological polar surface area (TPSA) is 59.1 Å². The maximum absolute atomic E-state index is 10.5. The lowest BCUT2D eigenvalue weighted by Crippen LogP contribution is -2.34. The molecule has 6 nitrogen and oxygen atoms in total. The van der Waals surface area contributed by atoms with Crippen molar-refractivity contribution in [2.45, 2.75) is 39.5 Å². The quantitative estimate of drug-likeness (QED) is 0.856. The molecule has 124 valence electrons. The minimum Gasteiger partial charge on any atom is -0.379 e. The van der Waals surface area contributed by atoms with Crippen LogP contribution in [0, 0.1) is 0 Å². The molecule has 3 rings (SSSR count). The fourth-order valence-corrected chi connectivity index (χ4v) is 2.98. The van der Waals surface area contributed by atoms with Crippen molar-refractivity contribution in [3.8, 4) is 0 Å². The maximum atomic E-state index is 10.5. The highest BCUT2D eigenvalue weighted by Crippen LogP contribution is 2.22. The van der Waals surface area contributed by atoms with Crippen LogP contribution < -0.4 is 0 Å². The molecule has 2 aromatic rings. The lowest BCUT2D eigenvalue weighted by Gasteiger charge is -2.27. The maximum Gasteiger partial charge on any atom is 0.155 e. The SMILES string of the molecule is CC(C)=CCCN1CCn2nc([C@@H](O)c3nccn3C)cc2C1. The van der Waals surface area contributed by atoms with Crippen molar-refractivity contribution in [1.29, 1.82) is 0 Å². The number of fused-ring (bicyclic) bond motifs is 1. The molecule has 0 fully saturated rings. The van der Waals surface area contributed by atoms with Crippen LogP contribution in [0.5, 0.6) is 0 Å². The summed E-state index contributed by atoms with van der Waals surface area (Å²) in [5.41, 5.74) is 3.21. The molecule has 0 radical (unpaired) electrons. The Morgan fingerprint density at radius 3 is 2.91 bits per heavy atom. The van der Waals surface area contributed by atoms with Gasteiger partial charge in [-0.1, -0.05) is 11.6 Å². The number of hydrogen-bond donors (Lipinski definition) is 1. The summed E-state index contributed by atoms with van der Waals surface area (Å²) < 4.78 is 3.84. The number of aromatic nitrogens is 4. The molecule has 0 unspecified atom stereocenters. The zero-order chi connectivity index (χ0) is 16.4. The van der Waals surface area contributed by atoms with Crippen molar-refractivity contribution in [3.05, 3.63) is 47.3 Å². The fourth-order valence-electron chi connectivity index (χ4n) is 2.98. The smallest absolute Gasteiger partial charge is 0.155 e. The molecule has 3 heterocycles. The largest absolute Gasteiger partial charge is 0.379 e. The Hall–Kier alpha value is -1.92. The van der Waals surface area contributed by atoms with Gasteiger partial charge in [0.15, 0.2) is 6.10 Å². The summed E-state index contributed by atoms with van der Waals surface area (Å²) >= 11 is 0. The van der Waals surface area contributed by atoms with Gasteiger partial charge in [-0.25, -0.2) is 4.98 Å². The van der Waals surface area contributed by atoms with Crippen LogP contribution >= 0.6 is 0 Å². The van der Waals surface area contributed by atoms with Gasteiger partial charge in [-0.3, -0.25) is 9.58 Å². The van der Waals surface area contributed by atoms with E-state index < -0.39 is 6.10 Å². The van der Waals surface area contributed by atoms with Crippen LogP contribution in [0.4, 0.5) is 0 Å². The summed E-state index contributed by atoms with van der Waals surface area (Å²) in [7, 11) is 1.88. The van der Waals surface area contributed by atoms with E-state index in [1.165, 1.54) is 5.57 Å². The molecular weight excluding hydrogens is 290 g/mol. The molecule has 23 heavy (non-hydrogen) atoms. The number of aliphatic hydroxyl groups excluding tert-OH is 1. The van der Waals surface area contributed by atoms with Crippen molar-refractivity contribution >= 4 is 0 Å². The molecule has 0 spiro atoms. The second-order valence-corrected chi connectivity index (χ2v) is 6.43. The zero-order valence-corrected chi connectivity index (χ0v) is 14.1. The Bertz CT molecular complexity index is 696. The Morgan fingerprint density at radius 2 is 2.22 bits per heavy atom. The Balaban J connectivity index is 1.69. The molecule has 2 aromatic heterocycles. The van der Waals surface area contributed by atoms with E-state index in [-0.39, 0.29) is 0 Å². The number of imidazole rings is 1. The third-order valence-corrected chi connectivity index (χ3v) is 4.28. The van der Waals surface area contributed by atoms with E-state index in [1.807, 2.05) is 28.6 Å². The second-order valence-electron chi connectivity index (χ2n) is 6.43. The summed E-state index contributed by atoms with van der Waals surface area (Å²) in [6.45, 7) is 8.10. The first-order chi connectivity index (χ1) is 11.0. The van der Waals surface area contributed by atoms with Crippen molar-refractivity contribution < 1.29 is 5.11 Å². The van der Waals surface area contributed by atoms with Gasteiger partial charge in [-0.2, -0.15) is 5.10 Å². The fraction of sp³-hybridized carbons (Fsp3) is 0.529. The van der Waals surface area contributed by atoms with Crippen molar-refractivity contribution in [1.82, 2.24) is 24.2 Å². The standard InChI is InChI=1S/C17H25N5O/c1-13(2)5-4-7-21-9-10-22-14(12-21)11-15(19-22)16(23)17-18-6-8-20(17)3/h5-6,8,11,16,23H,4,7,9-10,12H2,1-3H3/t16-/m1/s1. The molecule has 0 aliphatic carbocycles. The predicted molar refractivity (Wildman–Crippen MR) is 88.8 cm³/mol. The molecule has 0 aromatic carbocycles. The number of nitrogens with zero attached hydrogens (tertiary/aromatic N) is 5. The van der Waals surface area contributed by atoms with Gasteiger partial charge < -0.3 is 9.67 Å². The minimum absolute atomic E-state index is 0.626. The van der Waals surface area contributed by atoms with E-state index >= 15 is 0 Å². The average Bonchev–Trinajstić information content (AvgIpc) is 3.11. The van der Waals surface area contributed by atoms with Gasteiger partial charge >= 0.3 is 0 Å². The monoisotopic (exact) mass is 315 g/mol. The van der Waals surface area contributed by atoms with Crippen molar-refractivity contribution in [2.24, 2.45) is 7.05 Å². The summed E-state index contributed by atoms with van der Waals surface area (Å²) in [4.78, 5) is 6.65. The Kier molecular flexibility index (Phi) is 4.63.